The van der Waals surface area contributed by atoms with Crippen LogP contribution >= 0.6 is 0 Å². The molecule has 1 rings (SSSR count). The van der Waals surface area contributed by atoms with Crippen LogP contribution in [0.1, 0.15) is 20.3 Å². The predicted octanol–water partition coefficient (Wildman–Crippen LogP) is -1.09. The first-order valence-electron chi connectivity index (χ1n) is 5.63. The summed E-state index contributed by atoms with van der Waals surface area (Å²) in [6, 6.07) is 2.08. The largest absolute Gasteiger partial charge is 0.480 e. The number of aliphatic carboxylic acids is 1. The fraction of sp³-hybridized carbons (Fsp3) is 0.455. The Morgan fingerprint density at radius 1 is 1.42 bits per heavy atom. The molecule has 1 unspecified atom stereocenters. The molecule has 0 aliphatic heterocycles. The van der Waals surface area contributed by atoms with Crippen molar-refractivity contribution in [3.8, 4) is 0 Å². The quantitative estimate of drug-likeness (QED) is 0.627. The smallest absolute Gasteiger partial charge is 0.329 e. The SMILES string of the molecule is CCC(C)(NC(=O)Cn1[nH]c(=O)ccc1=O)C(=O)O. The minimum Gasteiger partial charge on any atom is -0.480 e. The fourth-order valence-electron chi connectivity index (χ4n) is 1.36. The van der Waals surface area contributed by atoms with E-state index in [0.29, 0.717) is 0 Å². The Balaban J connectivity index is 2.86. The average molecular weight is 269 g/mol. The Bertz CT molecular complexity index is 603. The number of nitrogens with one attached hydrogen (secondary N) is 2. The van der Waals surface area contributed by atoms with E-state index in [1.165, 1.54) is 6.92 Å². The highest BCUT2D eigenvalue weighted by Crippen LogP contribution is 2.08. The lowest BCUT2D eigenvalue weighted by Crippen LogP contribution is -2.53. The lowest BCUT2D eigenvalue weighted by molar-refractivity contribution is -0.147. The maximum Gasteiger partial charge on any atom is 0.329 e. The molecule has 19 heavy (non-hydrogen) atoms. The monoisotopic (exact) mass is 269 g/mol. The number of carbonyl (C=O) groups excluding carboxylic acids is 1. The van der Waals surface area contributed by atoms with Crippen LogP contribution in [0, 0.1) is 0 Å². The average Bonchev–Trinajstić information content (AvgIpc) is 2.33. The highest BCUT2D eigenvalue weighted by Gasteiger charge is 2.32. The summed E-state index contributed by atoms with van der Waals surface area (Å²) in [5.74, 6) is -1.84. The first kappa shape index (κ1) is 14.7. The van der Waals surface area contributed by atoms with Crippen LogP contribution < -0.4 is 16.4 Å². The van der Waals surface area contributed by atoms with Gasteiger partial charge < -0.3 is 10.4 Å². The third kappa shape index (κ3) is 3.54. The molecule has 8 nitrogen and oxygen atoms in total. The molecular weight excluding hydrogens is 254 g/mol. The lowest BCUT2D eigenvalue weighted by Gasteiger charge is -2.24. The number of rotatable bonds is 5. The minimum atomic E-state index is -1.41. The molecule has 0 aromatic carbocycles. The van der Waals surface area contributed by atoms with Crippen molar-refractivity contribution in [3.63, 3.8) is 0 Å². The maximum atomic E-state index is 11.7. The van der Waals surface area contributed by atoms with Crippen molar-refractivity contribution in [2.45, 2.75) is 32.4 Å². The molecule has 0 spiro atoms. The van der Waals surface area contributed by atoms with E-state index in [2.05, 4.69) is 10.4 Å². The van der Waals surface area contributed by atoms with Gasteiger partial charge in [-0.2, -0.15) is 0 Å². The Hall–Kier alpha value is -2.38. The number of hydrogen-bond donors (Lipinski definition) is 3. The van der Waals surface area contributed by atoms with Gasteiger partial charge in [-0.25, -0.2) is 9.48 Å². The van der Waals surface area contributed by atoms with Crippen molar-refractivity contribution in [2.24, 2.45) is 0 Å². The topological polar surface area (TPSA) is 121 Å². The normalized spacial score (nSPS) is 13.6. The van der Waals surface area contributed by atoms with Gasteiger partial charge in [-0.05, 0) is 13.3 Å². The Kier molecular flexibility index (Phi) is 4.26. The molecule has 0 bridgehead atoms. The van der Waals surface area contributed by atoms with Gasteiger partial charge in [0, 0.05) is 12.1 Å². The summed E-state index contributed by atoms with van der Waals surface area (Å²) in [6.07, 6.45) is 0.189. The van der Waals surface area contributed by atoms with Gasteiger partial charge in [-0.1, -0.05) is 6.92 Å². The molecule has 1 heterocycles. The molecule has 0 radical (unpaired) electrons. The molecule has 1 aromatic rings. The zero-order valence-corrected chi connectivity index (χ0v) is 10.6. The second-order valence-corrected chi connectivity index (χ2v) is 4.27. The molecule has 1 atom stereocenters. The van der Waals surface area contributed by atoms with Gasteiger partial charge in [-0.3, -0.25) is 19.5 Å². The van der Waals surface area contributed by atoms with Gasteiger partial charge in [0.25, 0.3) is 11.1 Å². The molecule has 0 saturated carbocycles. The van der Waals surface area contributed by atoms with E-state index in [4.69, 9.17) is 5.11 Å². The van der Waals surface area contributed by atoms with Crippen LogP contribution in [0.3, 0.4) is 0 Å². The Labute approximate surface area is 108 Å². The number of amides is 1. The standard InChI is InChI=1S/C11H15N3O5/c1-3-11(2,10(18)19)12-8(16)6-14-9(17)5-4-7(15)13-14/h4-5H,3,6H2,1-2H3,(H,12,16)(H,13,15)(H,18,19). The first-order chi connectivity index (χ1) is 8.78. The molecule has 0 saturated heterocycles. The number of nitrogens with zero attached hydrogens (tertiary/aromatic N) is 1. The second-order valence-electron chi connectivity index (χ2n) is 4.27. The number of aromatic nitrogens is 2. The number of aromatic amines is 1. The molecule has 0 fully saturated rings. The summed E-state index contributed by atoms with van der Waals surface area (Å²) in [7, 11) is 0. The van der Waals surface area contributed by atoms with Crippen LogP contribution in [0.25, 0.3) is 0 Å². The number of H-pyrrole nitrogens is 1. The van der Waals surface area contributed by atoms with Gasteiger partial charge >= 0.3 is 5.97 Å². The number of hydrogen-bond acceptors (Lipinski definition) is 4. The number of carbonyl (C=O) groups is 2. The summed E-state index contributed by atoms with van der Waals surface area (Å²) in [5, 5.41) is 13.5. The van der Waals surface area contributed by atoms with Crippen LogP contribution in [-0.4, -0.2) is 32.3 Å². The van der Waals surface area contributed by atoms with Crippen molar-refractivity contribution in [2.75, 3.05) is 0 Å². The van der Waals surface area contributed by atoms with E-state index in [9.17, 15) is 19.2 Å². The molecule has 1 aromatic heterocycles. The molecular formula is C11H15N3O5. The van der Waals surface area contributed by atoms with Gasteiger partial charge in [-0.15, -0.1) is 0 Å². The summed E-state index contributed by atoms with van der Waals surface area (Å²) in [6.45, 7) is 2.53. The van der Waals surface area contributed by atoms with E-state index in [1.54, 1.807) is 6.92 Å². The zero-order chi connectivity index (χ0) is 14.6. The molecule has 0 aliphatic rings. The van der Waals surface area contributed by atoms with Gasteiger partial charge in [0.1, 0.15) is 12.1 Å². The highest BCUT2D eigenvalue weighted by molar-refractivity contribution is 5.86. The summed E-state index contributed by atoms with van der Waals surface area (Å²) in [4.78, 5) is 45.1. The summed E-state index contributed by atoms with van der Waals surface area (Å²) < 4.78 is 0.815. The van der Waals surface area contributed by atoms with Crippen LogP contribution in [0.4, 0.5) is 0 Å². The fourth-order valence-corrected chi connectivity index (χ4v) is 1.36. The predicted molar refractivity (Wildman–Crippen MR) is 65.8 cm³/mol. The van der Waals surface area contributed by atoms with Crippen molar-refractivity contribution in [1.29, 1.82) is 0 Å². The molecule has 0 aliphatic carbocycles. The Morgan fingerprint density at radius 3 is 2.58 bits per heavy atom. The van der Waals surface area contributed by atoms with Gasteiger partial charge in [0.05, 0.1) is 0 Å². The highest BCUT2D eigenvalue weighted by atomic mass is 16.4. The maximum absolute atomic E-state index is 11.7. The molecule has 1 amide bonds. The van der Waals surface area contributed by atoms with Crippen LogP contribution in [0.2, 0.25) is 0 Å². The second kappa shape index (κ2) is 5.51. The van der Waals surface area contributed by atoms with Crippen LogP contribution in [0.15, 0.2) is 21.7 Å². The van der Waals surface area contributed by atoms with E-state index in [1.807, 2.05) is 0 Å². The zero-order valence-electron chi connectivity index (χ0n) is 10.6. The van der Waals surface area contributed by atoms with Crippen molar-refractivity contribution < 1.29 is 14.7 Å². The number of carboxylic acid groups (broad SMARTS) is 1. The van der Waals surface area contributed by atoms with Gasteiger partial charge in [0.15, 0.2) is 0 Å². The van der Waals surface area contributed by atoms with E-state index in [0.717, 1.165) is 16.8 Å². The molecule has 8 heteroatoms. The van der Waals surface area contributed by atoms with E-state index >= 15 is 0 Å². The third-order valence-electron chi connectivity index (χ3n) is 2.78. The van der Waals surface area contributed by atoms with Crippen molar-refractivity contribution in [3.05, 3.63) is 32.8 Å². The lowest BCUT2D eigenvalue weighted by atomic mass is 9.99. The van der Waals surface area contributed by atoms with Crippen molar-refractivity contribution in [1.82, 2.24) is 15.1 Å². The van der Waals surface area contributed by atoms with E-state index in [-0.39, 0.29) is 6.42 Å². The molecule has 104 valence electrons. The third-order valence-corrected chi connectivity index (χ3v) is 2.78. The van der Waals surface area contributed by atoms with Crippen LogP contribution in [0.5, 0.6) is 0 Å². The summed E-state index contributed by atoms with van der Waals surface area (Å²) in [5.41, 5.74) is -2.48. The van der Waals surface area contributed by atoms with Crippen molar-refractivity contribution >= 4 is 11.9 Å². The molecule has 3 N–H and O–H groups in total. The van der Waals surface area contributed by atoms with Gasteiger partial charge in [0.2, 0.25) is 5.91 Å². The van der Waals surface area contributed by atoms with Crippen LogP contribution in [-0.2, 0) is 16.1 Å². The first-order valence-corrected chi connectivity index (χ1v) is 5.63. The Morgan fingerprint density at radius 2 is 2.05 bits per heavy atom. The number of carboxylic acids is 1. The minimum absolute atomic E-state index is 0.189. The summed E-state index contributed by atoms with van der Waals surface area (Å²) >= 11 is 0. The van der Waals surface area contributed by atoms with E-state index < -0.39 is 35.1 Å².